The molecule has 1 N–H and O–H groups in total. The number of hydrogen-bond donors (Lipinski definition) is 1. The molecule has 0 fully saturated rings. The third-order valence-corrected chi connectivity index (χ3v) is 1.30. The van der Waals surface area contributed by atoms with Gasteiger partial charge in [0.25, 0.3) is 0 Å². The Kier molecular flexibility index (Phi) is 3.87. The Morgan fingerprint density at radius 1 is 1.29 bits per heavy atom. The van der Waals surface area contributed by atoms with Crippen molar-refractivity contribution in [2.75, 3.05) is 0 Å². The molecule has 0 bridgehead atoms. The summed E-state index contributed by atoms with van der Waals surface area (Å²) in [6.07, 6.45) is 2.60. The van der Waals surface area contributed by atoms with E-state index in [1.807, 2.05) is 0 Å². The fourth-order valence-electron chi connectivity index (χ4n) is 0.717. The summed E-state index contributed by atoms with van der Waals surface area (Å²) in [7, 11) is 0. The van der Waals surface area contributed by atoms with Gasteiger partial charge in [-0.3, -0.25) is 0 Å². The normalized spacial score (nSPS) is 8.57. The SMILES string of the molecule is O=C(O)c1ccccc1.c1ncon1. The third kappa shape index (κ3) is 3.48. The van der Waals surface area contributed by atoms with Crippen molar-refractivity contribution in [3.8, 4) is 0 Å². The lowest BCUT2D eigenvalue weighted by Gasteiger charge is -1.88. The summed E-state index contributed by atoms with van der Waals surface area (Å²) in [5.41, 5.74) is 0.331. The third-order valence-electron chi connectivity index (χ3n) is 1.30. The molecule has 0 radical (unpaired) electrons. The van der Waals surface area contributed by atoms with E-state index in [2.05, 4.69) is 14.7 Å². The highest BCUT2D eigenvalue weighted by Crippen LogP contribution is 1.96. The zero-order valence-electron chi connectivity index (χ0n) is 7.20. The van der Waals surface area contributed by atoms with Crippen LogP contribution in [-0.2, 0) is 0 Å². The van der Waals surface area contributed by atoms with E-state index < -0.39 is 5.97 Å². The van der Waals surface area contributed by atoms with Crippen LogP contribution in [0.5, 0.6) is 0 Å². The molecule has 1 aromatic carbocycles. The number of aromatic nitrogens is 2. The molecule has 0 aliphatic carbocycles. The molecule has 0 aliphatic rings. The highest BCUT2D eigenvalue weighted by molar-refractivity contribution is 5.87. The summed E-state index contributed by atoms with van der Waals surface area (Å²) < 4.78 is 4.22. The lowest BCUT2D eigenvalue weighted by molar-refractivity contribution is 0.0697. The van der Waals surface area contributed by atoms with E-state index in [9.17, 15) is 4.79 Å². The van der Waals surface area contributed by atoms with Gasteiger partial charge in [0.15, 0.2) is 6.33 Å². The summed E-state index contributed by atoms with van der Waals surface area (Å²) >= 11 is 0. The van der Waals surface area contributed by atoms with Crippen molar-refractivity contribution in [2.45, 2.75) is 0 Å². The average molecular weight is 192 g/mol. The number of nitrogens with zero attached hydrogens (tertiary/aromatic N) is 2. The molecule has 0 amide bonds. The van der Waals surface area contributed by atoms with Gasteiger partial charge in [0, 0.05) is 0 Å². The lowest BCUT2D eigenvalue weighted by atomic mass is 10.2. The van der Waals surface area contributed by atoms with Gasteiger partial charge in [0.2, 0.25) is 6.39 Å². The Balaban J connectivity index is 0.000000165. The molecular formula is C9H8N2O3. The van der Waals surface area contributed by atoms with E-state index >= 15 is 0 Å². The molecule has 0 saturated heterocycles. The first kappa shape index (κ1) is 9.91. The number of hydrogen-bond acceptors (Lipinski definition) is 4. The van der Waals surface area contributed by atoms with Crippen molar-refractivity contribution in [1.29, 1.82) is 0 Å². The summed E-state index contributed by atoms with van der Waals surface area (Å²) in [4.78, 5) is 13.6. The predicted octanol–water partition coefficient (Wildman–Crippen LogP) is 1.45. The molecule has 5 heteroatoms. The van der Waals surface area contributed by atoms with Crippen LogP contribution in [0.15, 0.2) is 47.6 Å². The maximum Gasteiger partial charge on any atom is 0.335 e. The van der Waals surface area contributed by atoms with Crippen molar-refractivity contribution in [2.24, 2.45) is 0 Å². The van der Waals surface area contributed by atoms with E-state index in [0.29, 0.717) is 5.56 Å². The topological polar surface area (TPSA) is 76.2 Å². The Labute approximate surface area is 80.0 Å². The van der Waals surface area contributed by atoms with Crippen molar-refractivity contribution < 1.29 is 14.4 Å². The second-order valence-electron chi connectivity index (χ2n) is 2.25. The molecule has 0 saturated carbocycles. The Morgan fingerprint density at radius 2 is 2.00 bits per heavy atom. The summed E-state index contributed by atoms with van der Waals surface area (Å²) in [5.74, 6) is -0.879. The molecule has 1 aromatic heterocycles. The number of aromatic carboxylic acids is 1. The Hall–Kier alpha value is -2.17. The predicted molar refractivity (Wildman–Crippen MR) is 47.7 cm³/mol. The highest BCUT2D eigenvalue weighted by Gasteiger charge is 1.96. The lowest BCUT2D eigenvalue weighted by Crippen LogP contribution is -1.93. The van der Waals surface area contributed by atoms with Crippen LogP contribution < -0.4 is 0 Å². The minimum atomic E-state index is -0.879. The van der Waals surface area contributed by atoms with Gasteiger partial charge in [-0.05, 0) is 12.1 Å². The van der Waals surface area contributed by atoms with E-state index in [1.54, 1.807) is 30.3 Å². The van der Waals surface area contributed by atoms with Crippen molar-refractivity contribution in [3.05, 3.63) is 48.6 Å². The standard InChI is InChI=1S/C7H6O2.C2H2N2O/c8-7(9)6-4-2-1-3-5-6;1-3-2-5-4-1/h1-5H,(H,8,9);1-2H. The molecular weight excluding hydrogens is 184 g/mol. The van der Waals surface area contributed by atoms with Crippen LogP contribution in [0.25, 0.3) is 0 Å². The van der Waals surface area contributed by atoms with Crippen LogP contribution in [0.2, 0.25) is 0 Å². The van der Waals surface area contributed by atoms with Crippen LogP contribution >= 0.6 is 0 Å². The fraction of sp³-hybridized carbons (Fsp3) is 0. The van der Waals surface area contributed by atoms with E-state index in [1.165, 1.54) is 12.7 Å². The number of carboxylic acids is 1. The molecule has 2 rings (SSSR count). The first-order chi connectivity index (χ1) is 6.80. The summed E-state index contributed by atoms with van der Waals surface area (Å²) in [6, 6.07) is 8.30. The summed E-state index contributed by atoms with van der Waals surface area (Å²) in [6.45, 7) is 0. The van der Waals surface area contributed by atoms with Crippen LogP contribution in [0.4, 0.5) is 0 Å². The Bertz CT molecular complexity index is 342. The van der Waals surface area contributed by atoms with Crippen molar-refractivity contribution >= 4 is 5.97 Å². The molecule has 5 nitrogen and oxygen atoms in total. The smallest absolute Gasteiger partial charge is 0.335 e. The number of carbonyl (C=O) groups is 1. The average Bonchev–Trinajstić information content (AvgIpc) is 2.77. The van der Waals surface area contributed by atoms with Gasteiger partial charge in [0.05, 0.1) is 5.56 Å². The number of benzene rings is 1. The quantitative estimate of drug-likeness (QED) is 0.740. The van der Waals surface area contributed by atoms with Crippen molar-refractivity contribution in [3.63, 3.8) is 0 Å². The maximum absolute atomic E-state index is 10.2. The van der Waals surface area contributed by atoms with Crippen LogP contribution in [0.1, 0.15) is 10.4 Å². The number of rotatable bonds is 1. The molecule has 2 aromatic rings. The summed E-state index contributed by atoms with van der Waals surface area (Å²) in [5, 5.41) is 11.6. The minimum Gasteiger partial charge on any atom is -0.478 e. The zero-order valence-corrected chi connectivity index (χ0v) is 7.20. The van der Waals surface area contributed by atoms with E-state index in [0.717, 1.165) is 0 Å². The van der Waals surface area contributed by atoms with E-state index in [-0.39, 0.29) is 0 Å². The molecule has 0 atom stereocenters. The second kappa shape index (κ2) is 5.47. The highest BCUT2D eigenvalue weighted by atomic mass is 16.5. The molecule has 14 heavy (non-hydrogen) atoms. The zero-order chi connectivity index (χ0) is 10.2. The first-order valence-corrected chi connectivity index (χ1v) is 3.78. The largest absolute Gasteiger partial charge is 0.478 e. The minimum absolute atomic E-state index is 0.331. The van der Waals surface area contributed by atoms with Gasteiger partial charge in [-0.25, -0.2) is 9.78 Å². The van der Waals surface area contributed by atoms with Crippen LogP contribution in [0.3, 0.4) is 0 Å². The molecule has 0 aliphatic heterocycles. The molecule has 72 valence electrons. The Morgan fingerprint density at radius 3 is 2.29 bits per heavy atom. The molecule has 0 unspecified atom stereocenters. The van der Waals surface area contributed by atoms with Gasteiger partial charge < -0.3 is 9.63 Å². The monoisotopic (exact) mass is 192 g/mol. The van der Waals surface area contributed by atoms with E-state index in [4.69, 9.17) is 5.11 Å². The van der Waals surface area contributed by atoms with Crippen LogP contribution in [-0.4, -0.2) is 21.2 Å². The second-order valence-corrected chi connectivity index (χ2v) is 2.25. The number of carboxylic acid groups (broad SMARTS) is 1. The van der Waals surface area contributed by atoms with Gasteiger partial charge in [-0.2, -0.15) is 0 Å². The van der Waals surface area contributed by atoms with Gasteiger partial charge in [0.1, 0.15) is 0 Å². The van der Waals surface area contributed by atoms with Gasteiger partial charge >= 0.3 is 5.97 Å². The van der Waals surface area contributed by atoms with Crippen LogP contribution in [0, 0.1) is 0 Å². The van der Waals surface area contributed by atoms with Crippen molar-refractivity contribution in [1.82, 2.24) is 10.1 Å². The fourth-order valence-corrected chi connectivity index (χ4v) is 0.717. The first-order valence-electron chi connectivity index (χ1n) is 3.78. The van der Waals surface area contributed by atoms with Gasteiger partial charge in [-0.1, -0.05) is 23.4 Å². The maximum atomic E-state index is 10.2. The molecule has 0 spiro atoms. The molecule has 1 heterocycles. The van der Waals surface area contributed by atoms with Gasteiger partial charge in [-0.15, -0.1) is 0 Å².